The zero-order valence-electron chi connectivity index (χ0n) is 6.12. The fourth-order valence-corrected chi connectivity index (χ4v) is 1.74. The van der Waals surface area contributed by atoms with Gasteiger partial charge in [0.25, 0.3) is 0 Å². The Hall–Kier alpha value is -0.0800. The predicted octanol–water partition coefficient (Wildman–Crippen LogP) is 1.08. The molecular formula is C8H14O2. The Labute approximate surface area is 61.2 Å². The van der Waals surface area contributed by atoms with Crippen LogP contribution in [-0.4, -0.2) is 23.4 Å². The second-order valence-corrected chi connectivity index (χ2v) is 3.38. The van der Waals surface area contributed by atoms with E-state index < -0.39 is 0 Å². The van der Waals surface area contributed by atoms with E-state index >= 15 is 0 Å². The normalized spacial score (nSPS) is 47.1. The second-order valence-electron chi connectivity index (χ2n) is 3.38. The molecule has 0 unspecified atom stereocenters. The van der Waals surface area contributed by atoms with Gasteiger partial charge in [-0.1, -0.05) is 0 Å². The molecule has 1 saturated carbocycles. The van der Waals surface area contributed by atoms with Gasteiger partial charge in [-0.05, 0) is 32.1 Å². The summed E-state index contributed by atoms with van der Waals surface area (Å²) in [4.78, 5) is 0. The number of aliphatic hydroxyl groups excluding tert-OH is 1. The minimum atomic E-state index is -0.0508. The van der Waals surface area contributed by atoms with Crippen LogP contribution in [0.3, 0.4) is 0 Å². The molecule has 0 aromatic heterocycles. The Morgan fingerprint density at radius 1 is 1.00 bits per heavy atom. The molecule has 1 aliphatic carbocycles. The van der Waals surface area contributed by atoms with Gasteiger partial charge in [0.1, 0.15) is 0 Å². The van der Waals surface area contributed by atoms with Crippen LogP contribution in [0.1, 0.15) is 32.1 Å². The molecule has 0 amide bonds. The van der Waals surface area contributed by atoms with Crippen LogP contribution < -0.4 is 0 Å². The highest BCUT2D eigenvalue weighted by Crippen LogP contribution is 2.33. The van der Waals surface area contributed by atoms with Crippen molar-refractivity contribution in [2.24, 2.45) is 0 Å². The minimum absolute atomic E-state index is 0.0508. The highest BCUT2D eigenvalue weighted by atomic mass is 16.6. The SMILES string of the molecule is O[C@H]1CCC[C@@H]2O[C@@H]2CC1. The Morgan fingerprint density at radius 2 is 1.80 bits per heavy atom. The third kappa shape index (κ3) is 1.32. The number of rotatable bonds is 0. The second kappa shape index (κ2) is 2.51. The van der Waals surface area contributed by atoms with Crippen LogP contribution in [0.25, 0.3) is 0 Å². The molecule has 1 aliphatic heterocycles. The van der Waals surface area contributed by atoms with E-state index in [1.807, 2.05) is 0 Å². The first-order valence-corrected chi connectivity index (χ1v) is 4.20. The number of epoxide rings is 1. The Kier molecular flexibility index (Phi) is 1.66. The van der Waals surface area contributed by atoms with Gasteiger partial charge in [-0.3, -0.25) is 0 Å². The van der Waals surface area contributed by atoms with Crippen molar-refractivity contribution < 1.29 is 9.84 Å². The molecule has 0 radical (unpaired) electrons. The number of hydrogen-bond acceptors (Lipinski definition) is 2. The summed E-state index contributed by atoms with van der Waals surface area (Å²) in [5, 5.41) is 9.29. The fourth-order valence-electron chi connectivity index (χ4n) is 1.74. The number of ether oxygens (including phenoxy) is 1. The molecule has 0 spiro atoms. The summed E-state index contributed by atoms with van der Waals surface area (Å²) < 4.78 is 5.38. The average molecular weight is 142 g/mol. The topological polar surface area (TPSA) is 32.8 Å². The van der Waals surface area contributed by atoms with Crippen LogP contribution in [0.4, 0.5) is 0 Å². The minimum Gasteiger partial charge on any atom is -0.393 e. The molecule has 2 nitrogen and oxygen atoms in total. The van der Waals surface area contributed by atoms with E-state index in [0.717, 1.165) is 25.7 Å². The fraction of sp³-hybridized carbons (Fsp3) is 1.00. The molecule has 1 saturated heterocycles. The molecule has 0 aromatic rings. The maximum absolute atomic E-state index is 9.29. The maximum atomic E-state index is 9.29. The summed E-state index contributed by atoms with van der Waals surface area (Å²) in [6, 6.07) is 0. The number of hydrogen-bond donors (Lipinski definition) is 1. The van der Waals surface area contributed by atoms with Crippen molar-refractivity contribution >= 4 is 0 Å². The van der Waals surface area contributed by atoms with E-state index in [1.54, 1.807) is 0 Å². The van der Waals surface area contributed by atoms with Gasteiger partial charge < -0.3 is 9.84 Å². The van der Waals surface area contributed by atoms with Crippen molar-refractivity contribution in [2.75, 3.05) is 0 Å². The Bertz CT molecular complexity index is 122. The zero-order chi connectivity index (χ0) is 6.97. The van der Waals surface area contributed by atoms with Gasteiger partial charge in [-0.15, -0.1) is 0 Å². The molecule has 1 N–H and O–H groups in total. The van der Waals surface area contributed by atoms with Gasteiger partial charge in [-0.2, -0.15) is 0 Å². The van der Waals surface area contributed by atoms with Crippen LogP contribution in [0.5, 0.6) is 0 Å². The first-order valence-electron chi connectivity index (χ1n) is 4.20. The van der Waals surface area contributed by atoms with Crippen LogP contribution in [-0.2, 0) is 4.74 Å². The van der Waals surface area contributed by atoms with E-state index in [0.29, 0.717) is 12.2 Å². The van der Waals surface area contributed by atoms with Gasteiger partial charge in [0, 0.05) is 0 Å². The highest BCUT2D eigenvalue weighted by molar-refractivity contribution is 4.87. The van der Waals surface area contributed by atoms with Gasteiger partial charge in [0.2, 0.25) is 0 Å². The lowest BCUT2D eigenvalue weighted by molar-refractivity contribution is 0.144. The zero-order valence-corrected chi connectivity index (χ0v) is 6.12. The Morgan fingerprint density at radius 3 is 2.70 bits per heavy atom. The Balaban J connectivity index is 1.83. The third-order valence-corrected chi connectivity index (χ3v) is 2.50. The first-order chi connectivity index (χ1) is 4.86. The van der Waals surface area contributed by atoms with Crippen molar-refractivity contribution in [1.82, 2.24) is 0 Å². The van der Waals surface area contributed by atoms with Gasteiger partial charge in [-0.25, -0.2) is 0 Å². The van der Waals surface area contributed by atoms with E-state index in [4.69, 9.17) is 4.74 Å². The maximum Gasteiger partial charge on any atom is 0.0842 e. The van der Waals surface area contributed by atoms with Gasteiger partial charge >= 0.3 is 0 Å². The highest BCUT2D eigenvalue weighted by Gasteiger charge is 2.38. The van der Waals surface area contributed by atoms with Crippen molar-refractivity contribution in [3.63, 3.8) is 0 Å². The van der Waals surface area contributed by atoms with Gasteiger partial charge in [0.15, 0.2) is 0 Å². The van der Waals surface area contributed by atoms with Crippen molar-refractivity contribution in [3.8, 4) is 0 Å². The van der Waals surface area contributed by atoms with E-state index in [9.17, 15) is 5.11 Å². The average Bonchev–Trinajstić information content (AvgIpc) is 2.59. The molecule has 2 rings (SSSR count). The molecule has 1 heterocycles. The van der Waals surface area contributed by atoms with Crippen LogP contribution >= 0.6 is 0 Å². The molecule has 2 fully saturated rings. The van der Waals surface area contributed by atoms with Crippen molar-refractivity contribution in [3.05, 3.63) is 0 Å². The molecule has 2 aliphatic rings. The monoisotopic (exact) mass is 142 g/mol. The molecule has 0 bridgehead atoms. The van der Waals surface area contributed by atoms with Gasteiger partial charge in [0.05, 0.1) is 18.3 Å². The lowest BCUT2D eigenvalue weighted by Gasteiger charge is -2.10. The van der Waals surface area contributed by atoms with Crippen LogP contribution in [0, 0.1) is 0 Å². The third-order valence-electron chi connectivity index (χ3n) is 2.50. The summed E-state index contributed by atoms with van der Waals surface area (Å²) in [6.07, 6.45) is 6.33. The molecular weight excluding hydrogens is 128 g/mol. The van der Waals surface area contributed by atoms with Crippen molar-refractivity contribution in [1.29, 1.82) is 0 Å². The first kappa shape index (κ1) is 6.62. The standard InChI is InChI=1S/C8H14O2/c9-6-2-1-3-7-8(10-7)5-4-6/h6-9H,1-5H2/t6-,7-,8+/m0/s1. The molecule has 10 heavy (non-hydrogen) atoms. The summed E-state index contributed by atoms with van der Waals surface area (Å²) in [5.74, 6) is 0. The summed E-state index contributed by atoms with van der Waals surface area (Å²) in [7, 11) is 0. The lowest BCUT2D eigenvalue weighted by Crippen LogP contribution is -2.11. The molecule has 58 valence electrons. The largest absolute Gasteiger partial charge is 0.393 e. The molecule has 3 atom stereocenters. The van der Waals surface area contributed by atoms with E-state index in [1.165, 1.54) is 6.42 Å². The molecule has 0 aromatic carbocycles. The lowest BCUT2D eigenvalue weighted by atomic mass is 9.99. The van der Waals surface area contributed by atoms with Crippen LogP contribution in [0.15, 0.2) is 0 Å². The number of aliphatic hydroxyl groups is 1. The smallest absolute Gasteiger partial charge is 0.0842 e. The van der Waals surface area contributed by atoms with Crippen LogP contribution in [0.2, 0.25) is 0 Å². The summed E-state index contributed by atoms with van der Waals surface area (Å²) >= 11 is 0. The van der Waals surface area contributed by atoms with Crippen molar-refractivity contribution in [2.45, 2.75) is 50.4 Å². The van der Waals surface area contributed by atoms with E-state index in [2.05, 4.69) is 0 Å². The van der Waals surface area contributed by atoms with E-state index in [-0.39, 0.29) is 6.10 Å². The summed E-state index contributed by atoms with van der Waals surface area (Å²) in [5.41, 5.74) is 0. The molecule has 2 heteroatoms. The number of fused-ring (bicyclic) bond motifs is 1. The predicted molar refractivity (Wildman–Crippen MR) is 37.8 cm³/mol. The quantitative estimate of drug-likeness (QED) is 0.513. The summed E-state index contributed by atoms with van der Waals surface area (Å²) in [6.45, 7) is 0.